The minimum atomic E-state index is -0.126. The molecule has 2 aromatic carbocycles. The van der Waals surface area contributed by atoms with Crippen LogP contribution in [0.4, 0.5) is 10.5 Å². The fourth-order valence-corrected chi connectivity index (χ4v) is 3.93. The van der Waals surface area contributed by atoms with Gasteiger partial charge in [-0.15, -0.1) is 0 Å². The summed E-state index contributed by atoms with van der Waals surface area (Å²) in [6.07, 6.45) is 3.61. The van der Waals surface area contributed by atoms with Crippen LogP contribution in [0.3, 0.4) is 0 Å². The molecule has 4 rings (SSSR count). The summed E-state index contributed by atoms with van der Waals surface area (Å²) >= 11 is 0. The highest BCUT2D eigenvalue weighted by molar-refractivity contribution is 5.95. The molecule has 30 heavy (non-hydrogen) atoms. The highest BCUT2D eigenvalue weighted by Gasteiger charge is 2.23. The first-order valence-electron chi connectivity index (χ1n) is 10.8. The summed E-state index contributed by atoms with van der Waals surface area (Å²) in [7, 11) is 0. The molecule has 1 amide bonds. The Hall–Kier alpha value is -2.86. The van der Waals surface area contributed by atoms with Crippen molar-refractivity contribution in [1.82, 2.24) is 14.9 Å². The number of nitrogens with one attached hydrogen (secondary N) is 1. The van der Waals surface area contributed by atoms with Gasteiger partial charge in [-0.25, -0.2) is 9.78 Å². The number of imidazole rings is 1. The molecule has 6 heteroatoms. The molecule has 6 nitrogen and oxygen atoms in total. The zero-order valence-electron chi connectivity index (χ0n) is 17.8. The molecule has 158 valence electrons. The molecule has 0 bridgehead atoms. The first-order chi connectivity index (χ1) is 14.6. The number of carbonyl (C=O) groups excluding carboxylic acids is 1. The second-order valence-electron chi connectivity index (χ2n) is 8.30. The van der Waals surface area contributed by atoms with Gasteiger partial charge in [0.1, 0.15) is 11.8 Å². The molecule has 0 aliphatic carbocycles. The Bertz CT molecular complexity index is 983. The Morgan fingerprint density at radius 1 is 1.20 bits per heavy atom. The normalized spacial score (nSPS) is 16.9. The van der Waals surface area contributed by atoms with Crippen molar-refractivity contribution in [2.45, 2.75) is 32.8 Å². The van der Waals surface area contributed by atoms with E-state index in [1.54, 1.807) is 10.9 Å². The van der Waals surface area contributed by atoms with Gasteiger partial charge < -0.3 is 15.0 Å². The SMILES string of the molecule is CC(C)CCNC(=O)n1cnc2c(N3CCOC(Cc4ccccc4)C3)cccc21. The van der Waals surface area contributed by atoms with Gasteiger partial charge in [0.15, 0.2) is 0 Å². The molecular formula is C24H30N4O2. The Balaban J connectivity index is 1.50. The number of amides is 1. The summed E-state index contributed by atoms with van der Waals surface area (Å²) in [4.78, 5) is 19.5. The molecule has 1 aliphatic heterocycles. The minimum Gasteiger partial charge on any atom is -0.374 e. The van der Waals surface area contributed by atoms with Crippen LogP contribution in [-0.4, -0.2) is 47.9 Å². The van der Waals surface area contributed by atoms with Crippen molar-refractivity contribution in [3.05, 3.63) is 60.4 Å². The summed E-state index contributed by atoms with van der Waals surface area (Å²) in [5.41, 5.74) is 4.03. The number of aromatic nitrogens is 2. The summed E-state index contributed by atoms with van der Waals surface area (Å²) in [6.45, 7) is 7.28. The van der Waals surface area contributed by atoms with Gasteiger partial charge in [0.2, 0.25) is 0 Å². The predicted molar refractivity (Wildman–Crippen MR) is 120 cm³/mol. The fraction of sp³-hybridized carbons (Fsp3) is 0.417. The summed E-state index contributed by atoms with van der Waals surface area (Å²) in [5, 5.41) is 2.99. The van der Waals surface area contributed by atoms with Crippen LogP contribution in [-0.2, 0) is 11.2 Å². The van der Waals surface area contributed by atoms with E-state index in [9.17, 15) is 4.79 Å². The molecule has 1 unspecified atom stereocenters. The van der Waals surface area contributed by atoms with Crippen LogP contribution in [0.5, 0.6) is 0 Å². The summed E-state index contributed by atoms with van der Waals surface area (Å²) in [5.74, 6) is 0.557. The van der Waals surface area contributed by atoms with Gasteiger partial charge in [-0.1, -0.05) is 50.2 Å². The van der Waals surface area contributed by atoms with Crippen LogP contribution in [0, 0.1) is 5.92 Å². The molecule has 3 aromatic rings. The smallest absolute Gasteiger partial charge is 0.327 e. The van der Waals surface area contributed by atoms with E-state index in [4.69, 9.17) is 4.74 Å². The maximum Gasteiger partial charge on any atom is 0.327 e. The zero-order chi connectivity index (χ0) is 20.9. The lowest BCUT2D eigenvalue weighted by Crippen LogP contribution is -2.43. The fourth-order valence-electron chi connectivity index (χ4n) is 3.93. The largest absolute Gasteiger partial charge is 0.374 e. The second-order valence-corrected chi connectivity index (χ2v) is 8.30. The van der Waals surface area contributed by atoms with Gasteiger partial charge in [-0.2, -0.15) is 0 Å². The number of fused-ring (bicyclic) bond motifs is 1. The number of nitrogens with zero attached hydrogens (tertiary/aromatic N) is 3. The molecule has 2 heterocycles. The second kappa shape index (κ2) is 9.30. The number of ether oxygens (including phenoxy) is 1. The van der Waals surface area contributed by atoms with Gasteiger partial charge >= 0.3 is 6.03 Å². The lowest BCUT2D eigenvalue weighted by atomic mass is 10.1. The topological polar surface area (TPSA) is 59.4 Å². The number of para-hydroxylation sites is 1. The van der Waals surface area contributed by atoms with Gasteiger partial charge in [0, 0.05) is 26.1 Å². The standard InChI is InChI=1S/C24H30N4O2/c1-18(2)11-12-25-24(29)28-17-26-23-21(9-6-10-22(23)28)27-13-14-30-20(16-27)15-19-7-4-3-5-8-19/h3-10,17-18,20H,11-16H2,1-2H3,(H,25,29). The number of rotatable bonds is 6. The predicted octanol–water partition coefficient (Wildman–Crippen LogP) is 4.09. The van der Waals surface area contributed by atoms with Crippen molar-refractivity contribution in [3.8, 4) is 0 Å². The van der Waals surface area contributed by atoms with Crippen LogP contribution in [0.1, 0.15) is 25.8 Å². The van der Waals surface area contributed by atoms with Crippen molar-refractivity contribution in [1.29, 1.82) is 0 Å². The van der Waals surface area contributed by atoms with Crippen molar-refractivity contribution >= 4 is 22.8 Å². The van der Waals surface area contributed by atoms with E-state index in [2.05, 4.69) is 59.4 Å². The third kappa shape index (κ3) is 4.65. The van der Waals surface area contributed by atoms with Crippen LogP contribution in [0.15, 0.2) is 54.9 Å². The Morgan fingerprint density at radius 2 is 2.03 bits per heavy atom. The average molecular weight is 407 g/mol. The average Bonchev–Trinajstić information content (AvgIpc) is 3.19. The summed E-state index contributed by atoms with van der Waals surface area (Å²) in [6, 6.07) is 16.4. The molecule has 0 saturated carbocycles. The lowest BCUT2D eigenvalue weighted by Gasteiger charge is -2.34. The molecule has 0 radical (unpaired) electrons. The van der Waals surface area contributed by atoms with Gasteiger partial charge in [-0.05, 0) is 30.0 Å². The maximum atomic E-state index is 12.6. The number of hydrogen-bond acceptors (Lipinski definition) is 4. The van der Waals surface area contributed by atoms with Crippen LogP contribution >= 0.6 is 0 Å². The van der Waals surface area contributed by atoms with E-state index >= 15 is 0 Å². The first kappa shape index (κ1) is 20.4. The maximum absolute atomic E-state index is 12.6. The van der Waals surface area contributed by atoms with Gasteiger partial charge in [-0.3, -0.25) is 4.57 Å². The quantitative estimate of drug-likeness (QED) is 0.670. The van der Waals surface area contributed by atoms with E-state index in [1.165, 1.54) is 5.56 Å². The number of benzene rings is 2. The molecule has 1 atom stereocenters. The Labute approximate surface area is 177 Å². The van der Waals surface area contributed by atoms with Crippen LogP contribution in [0.2, 0.25) is 0 Å². The van der Waals surface area contributed by atoms with Crippen LogP contribution < -0.4 is 10.2 Å². The summed E-state index contributed by atoms with van der Waals surface area (Å²) < 4.78 is 7.63. The molecule has 1 N–H and O–H groups in total. The van der Waals surface area contributed by atoms with Crippen molar-refractivity contribution in [3.63, 3.8) is 0 Å². The van der Waals surface area contributed by atoms with Crippen LogP contribution in [0.25, 0.3) is 11.0 Å². The molecule has 1 saturated heterocycles. The van der Waals surface area contributed by atoms with E-state index in [1.807, 2.05) is 18.2 Å². The molecular weight excluding hydrogens is 376 g/mol. The number of morpholine rings is 1. The number of carbonyl (C=O) groups is 1. The van der Waals surface area contributed by atoms with Crippen molar-refractivity contribution in [2.24, 2.45) is 5.92 Å². The van der Waals surface area contributed by atoms with Crippen molar-refractivity contribution < 1.29 is 9.53 Å². The number of hydrogen-bond donors (Lipinski definition) is 1. The molecule has 1 aromatic heterocycles. The lowest BCUT2D eigenvalue weighted by molar-refractivity contribution is 0.0411. The molecule has 1 aliphatic rings. The van der Waals surface area contributed by atoms with E-state index in [0.29, 0.717) is 19.1 Å². The number of anilines is 1. The highest BCUT2D eigenvalue weighted by Crippen LogP contribution is 2.27. The minimum absolute atomic E-state index is 0.126. The first-order valence-corrected chi connectivity index (χ1v) is 10.8. The van der Waals surface area contributed by atoms with E-state index in [-0.39, 0.29) is 12.1 Å². The zero-order valence-corrected chi connectivity index (χ0v) is 17.8. The third-order valence-corrected chi connectivity index (χ3v) is 5.56. The monoisotopic (exact) mass is 406 g/mol. The Kier molecular flexibility index (Phi) is 6.33. The third-order valence-electron chi connectivity index (χ3n) is 5.56. The Morgan fingerprint density at radius 3 is 2.83 bits per heavy atom. The molecule has 1 fully saturated rings. The highest BCUT2D eigenvalue weighted by atomic mass is 16.5. The molecule has 0 spiro atoms. The van der Waals surface area contributed by atoms with Gasteiger partial charge in [0.25, 0.3) is 0 Å². The van der Waals surface area contributed by atoms with Crippen molar-refractivity contribution in [2.75, 3.05) is 31.1 Å². The van der Waals surface area contributed by atoms with Gasteiger partial charge in [0.05, 0.1) is 23.9 Å². The van der Waals surface area contributed by atoms with E-state index < -0.39 is 0 Å². The van der Waals surface area contributed by atoms with E-state index in [0.717, 1.165) is 42.7 Å².